The third kappa shape index (κ3) is 2.31. The van der Waals surface area contributed by atoms with Gasteiger partial charge in [0.15, 0.2) is 9.84 Å². The maximum absolute atomic E-state index is 11.7. The predicted octanol–water partition coefficient (Wildman–Crippen LogP) is 0.0701. The van der Waals surface area contributed by atoms with Crippen molar-refractivity contribution in [2.24, 2.45) is 11.1 Å². The van der Waals surface area contributed by atoms with Crippen molar-refractivity contribution in [2.75, 3.05) is 25.2 Å². The number of rotatable bonds is 3. The molecule has 1 aliphatic heterocycles. The summed E-state index contributed by atoms with van der Waals surface area (Å²) in [5, 5.41) is 10.9. The summed E-state index contributed by atoms with van der Waals surface area (Å²) in [5.41, 5.74) is 4.23. The summed E-state index contributed by atoms with van der Waals surface area (Å²) in [7, 11) is -1.37. The molecule has 5 nitrogen and oxygen atoms in total. The molecule has 18 heavy (non-hydrogen) atoms. The number of ether oxygens (including phenoxy) is 1. The van der Waals surface area contributed by atoms with Crippen molar-refractivity contribution in [1.29, 1.82) is 0 Å². The molecule has 2 aliphatic rings. The second-order valence-corrected chi connectivity index (χ2v) is 7.98. The van der Waals surface area contributed by atoms with Crippen LogP contribution in [0.15, 0.2) is 0 Å². The first-order valence-electron chi connectivity index (χ1n) is 6.52. The molecule has 0 amide bonds. The van der Waals surface area contributed by atoms with Gasteiger partial charge in [0.25, 0.3) is 0 Å². The van der Waals surface area contributed by atoms with E-state index in [1.165, 1.54) is 0 Å². The van der Waals surface area contributed by atoms with Gasteiger partial charge in [-0.05, 0) is 32.1 Å². The summed E-state index contributed by atoms with van der Waals surface area (Å²) in [6.07, 6.45) is 3.37. The Morgan fingerprint density at radius 3 is 2.33 bits per heavy atom. The van der Waals surface area contributed by atoms with E-state index in [0.29, 0.717) is 19.3 Å². The fourth-order valence-electron chi connectivity index (χ4n) is 3.47. The van der Waals surface area contributed by atoms with E-state index >= 15 is 0 Å². The van der Waals surface area contributed by atoms with Crippen molar-refractivity contribution in [3.8, 4) is 0 Å². The smallest absolute Gasteiger partial charge is 0.151 e. The van der Waals surface area contributed by atoms with Crippen LogP contribution < -0.4 is 5.73 Å². The lowest BCUT2D eigenvalue weighted by Gasteiger charge is -2.47. The first-order chi connectivity index (χ1) is 8.36. The molecule has 0 bridgehead atoms. The lowest BCUT2D eigenvalue weighted by atomic mass is 9.64. The number of sulfone groups is 1. The Morgan fingerprint density at radius 2 is 1.94 bits per heavy atom. The first-order valence-corrected chi connectivity index (χ1v) is 8.34. The van der Waals surface area contributed by atoms with E-state index in [-0.39, 0.29) is 24.2 Å². The largest absolute Gasteiger partial charge is 0.389 e. The van der Waals surface area contributed by atoms with Gasteiger partial charge in [-0.1, -0.05) is 0 Å². The third-order valence-electron chi connectivity index (χ3n) is 4.86. The number of hydrogen-bond acceptors (Lipinski definition) is 5. The van der Waals surface area contributed by atoms with Crippen LogP contribution in [0.1, 0.15) is 32.1 Å². The molecule has 2 fully saturated rings. The quantitative estimate of drug-likeness (QED) is 0.762. The van der Waals surface area contributed by atoms with Gasteiger partial charge in [0, 0.05) is 19.1 Å². The minimum Gasteiger partial charge on any atom is -0.389 e. The molecular formula is C12H23NO4S. The standard InChI is InChI=1S/C12H23NO4S/c1-17-10-2-4-12(14,5-3-10)11(8-13)6-7-18(15,16)9-11/h10,14H,2-9,13H2,1H3. The average molecular weight is 277 g/mol. The number of methoxy groups -OCH3 is 1. The molecule has 2 rings (SSSR count). The number of hydrogen-bond donors (Lipinski definition) is 2. The Hall–Kier alpha value is -0.170. The number of aliphatic hydroxyl groups is 1. The Bertz CT molecular complexity index is 400. The van der Waals surface area contributed by atoms with Gasteiger partial charge in [0.2, 0.25) is 0 Å². The molecule has 0 radical (unpaired) electrons. The van der Waals surface area contributed by atoms with Gasteiger partial charge in [0.05, 0.1) is 23.2 Å². The van der Waals surface area contributed by atoms with Gasteiger partial charge >= 0.3 is 0 Å². The zero-order valence-corrected chi connectivity index (χ0v) is 11.7. The van der Waals surface area contributed by atoms with Crippen molar-refractivity contribution >= 4 is 9.84 Å². The van der Waals surface area contributed by atoms with E-state index < -0.39 is 20.9 Å². The fraction of sp³-hybridized carbons (Fsp3) is 1.00. The average Bonchev–Trinajstić information content (AvgIpc) is 2.68. The van der Waals surface area contributed by atoms with Crippen LogP contribution in [0.3, 0.4) is 0 Å². The monoisotopic (exact) mass is 277 g/mol. The van der Waals surface area contributed by atoms with Gasteiger partial charge in [-0.25, -0.2) is 8.42 Å². The van der Waals surface area contributed by atoms with Crippen molar-refractivity contribution in [3.05, 3.63) is 0 Å². The van der Waals surface area contributed by atoms with Crippen LogP contribution in [-0.4, -0.2) is 50.4 Å². The SMILES string of the molecule is COC1CCC(O)(C2(CN)CCS(=O)(=O)C2)CC1. The topological polar surface area (TPSA) is 89.6 Å². The van der Waals surface area contributed by atoms with Gasteiger partial charge in [-0.3, -0.25) is 0 Å². The zero-order valence-electron chi connectivity index (χ0n) is 10.9. The fourth-order valence-corrected chi connectivity index (χ4v) is 5.69. The minimum atomic E-state index is -3.04. The second kappa shape index (κ2) is 4.74. The van der Waals surface area contributed by atoms with E-state index in [1.807, 2.05) is 0 Å². The molecule has 106 valence electrons. The summed E-state index contributed by atoms with van der Waals surface area (Å²) < 4.78 is 28.7. The number of nitrogens with two attached hydrogens (primary N) is 1. The van der Waals surface area contributed by atoms with Crippen molar-refractivity contribution in [1.82, 2.24) is 0 Å². The summed E-state index contributed by atoms with van der Waals surface area (Å²) in [5.74, 6) is 0.185. The summed E-state index contributed by atoms with van der Waals surface area (Å²) in [6, 6.07) is 0. The highest BCUT2D eigenvalue weighted by atomic mass is 32.2. The van der Waals surface area contributed by atoms with Gasteiger partial charge < -0.3 is 15.6 Å². The van der Waals surface area contributed by atoms with E-state index in [2.05, 4.69) is 0 Å². The van der Waals surface area contributed by atoms with E-state index in [1.54, 1.807) is 7.11 Å². The molecule has 0 spiro atoms. The van der Waals surface area contributed by atoms with Crippen LogP contribution >= 0.6 is 0 Å². The minimum absolute atomic E-state index is 0.0324. The highest BCUT2D eigenvalue weighted by Gasteiger charge is 2.56. The van der Waals surface area contributed by atoms with Crippen LogP contribution in [0.2, 0.25) is 0 Å². The molecule has 0 aromatic carbocycles. The van der Waals surface area contributed by atoms with Crippen molar-refractivity contribution in [2.45, 2.75) is 43.8 Å². The van der Waals surface area contributed by atoms with E-state index in [4.69, 9.17) is 10.5 Å². The van der Waals surface area contributed by atoms with E-state index in [9.17, 15) is 13.5 Å². The molecule has 1 saturated heterocycles. The Balaban J connectivity index is 2.18. The predicted molar refractivity (Wildman–Crippen MR) is 69.0 cm³/mol. The highest BCUT2D eigenvalue weighted by Crippen LogP contribution is 2.48. The van der Waals surface area contributed by atoms with E-state index in [0.717, 1.165) is 12.8 Å². The summed E-state index contributed by atoms with van der Waals surface area (Å²) in [4.78, 5) is 0. The summed E-state index contributed by atoms with van der Waals surface area (Å²) in [6.45, 7) is 0.236. The molecule has 1 atom stereocenters. The molecule has 1 heterocycles. The normalized spacial score (nSPS) is 44.1. The van der Waals surface area contributed by atoms with Crippen molar-refractivity contribution in [3.63, 3.8) is 0 Å². The zero-order chi connectivity index (χ0) is 13.4. The van der Waals surface area contributed by atoms with Crippen LogP contribution in [0, 0.1) is 5.41 Å². The van der Waals surface area contributed by atoms with Gasteiger partial charge in [-0.15, -0.1) is 0 Å². The van der Waals surface area contributed by atoms with Gasteiger partial charge in [-0.2, -0.15) is 0 Å². The Kier molecular flexibility index (Phi) is 3.75. The highest BCUT2D eigenvalue weighted by molar-refractivity contribution is 7.91. The maximum Gasteiger partial charge on any atom is 0.151 e. The van der Waals surface area contributed by atoms with Crippen LogP contribution in [0.4, 0.5) is 0 Å². The van der Waals surface area contributed by atoms with Crippen LogP contribution in [0.25, 0.3) is 0 Å². The third-order valence-corrected chi connectivity index (χ3v) is 6.68. The second-order valence-electron chi connectivity index (χ2n) is 5.79. The molecule has 6 heteroatoms. The molecule has 0 aromatic heterocycles. The van der Waals surface area contributed by atoms with Crippen molar-refractivity contribution < 1.29 is 18.3 Å². The first kappa shape index (κ1) is 14.2. The Labute approximate surface area is 109 Å². The molecule has 0 aromatic rings. The molecular weight excluding hydrogens is 254 g/mol. The molecule has 1 saturated carbocycles. The molecule has 3 N–H and O–H groups in total. The molecule has 1 unspecified atom stereocenters. The maximum atomic E-state index is 11.7. The van der Waals surface area contributed by atoms with Crippen LogP contribution in [-0.2, 0) is 14.6 Å². The lowest BCUT2D eigenvalue weighted by molar-refractivity contribution is -0.116. The molecule has 1 aliphatic carbocycles. The van der Waals surface area contributed by atoms with Gasteiger partial charge in [0.1, 0.15) is 0 Å². The summed E-state index contributed by atoms with van der Waals surface area (Å²) >= 11 is 0. The lowest BCUT2D eigenvalue weighted by Crippen LogP contribution is -2.55. The van der Waals surface area contributed by atoms with Crippen LogP contribution in [0.5, 0.6) is 0 Å². The Morgan fingerprint density at radius 1 is 1.33 bits per heavy atom.